The molecule has 166 valence electrons. The number of nitrogens with zero attached hydrogens (tertiary/aromatic N) is 2. The Morgan fingerprint density at radius 3 is 2.27 bits per heavy atom. The topological polar surface area (TPSA) is 54.4 Å². The number of hydrogen-bond acceptors (Lipinski definition) is 6. The van der Waals surface area contributed by atoms with Gasteiger partial charge >= 0.3 is 0 Å². The van der Waals surface area contributed by atoms with Crippen LogP contribution in [-0.4, -0.2) is 69.7 Å². The van der Waals surface area contributed by atoms with Gasteiger partial charge in [-0.2, -0.15) is 0 Å². The summed E-state index contributed by atoms with van der Waals surface area (Å²) in [6, 6.07) is 11.4. The van der Waals surface area contributed by atoms with Crippen molar-refractivity contribution in [2.45, 2.75) is 13.0 Å². The lowest BCUT2D eigenvalue weighted by atomic mass is 10.1. The summed E-state index contributed by atoms with van der Waals surface area (Å²) >= 11 is 6.16. The van der Waals surface area contributed by atoms with Gasteiger partial charge in [-0.05, 0) is 36.8 Å². The maximum Gasteiger partial charge on any atom is 0.203 e. The van der Waals surface area contributed by atoms with E-state index in [1.165, 1.54) is 11.3 Å². The number of piperazine rings is 1. The zero-order chi connectivity index (χ0) is 20.8. The van der Waals surface area contributed by atoms with Crippen molar-refractivity contribution in [3.63, 3.8) is 0 Å². The van der Waals surface area contributed by atoms with Gasteiger partial charge in [0.25, 0.3) is 0 Å². The van der Waals surface area contributed by atoms with Crippen LogP contribution in [0.2, 0.25) is 5.02 Å². The third-order valence-corrected chi connectivity index (χ3v) is 5.39. The first kappa shape index (κ1) is 24.4. The molecule has 1 saturated heterocycles. The van der Waals surface area contributed by atoms with Crippen LogP contribution >= 0.6 is 24.0 Å². The standard InChI is InChI=1S/C22H29ClN2O4.ClH/c1-16-7-8-17(23)13-19(16)25-11-9-24(10-12-25)14-18(26)15-29-22-20(27-2)5-4-6-21(22)28-3;/h4-8,13,18,26H,9-12,14-15H2,1-3H3;1H. The van der Waals surface area contributed by atoms with E-state index in [-0.39, 0.29) is 19.0 Å². The van der Waals surface area contributed by atoms with Crippen molar-refractivity contribution in [2.24, 2.45) is 0 Å². The van der Waals surface area contributed by atoms with Gasteiger partial charge in [-0.1, -0.05) is 23.7 Å². The van der Waals surface area contributed by atoms with Crippen LogP contribution in [-0.2, 0) is 0 Å². The number of β-amino-alcohol motifs (C(OH)–C–C–N with tert-alkyl or cyclic N) is 1. The summed E-state index contributed by atoms with van der Waals surface area (Å²) in [6.07, 6.45) is -0.607. The van der Waals surface area contributed by atoms with Gasteiger partial charge in [-0.15, -0.1) is 12.4 Å². The fourth-order valence-corrected chi connectivity index (χ4v) is 3.75. The van der Waals surface area contributed by atoms with E-state index in [0.29, 0.717) is 23.8 Å². The predicted octanol–water partition coefficient (Wildman–Crippen LogP) is 3.65. The third kappa shape index (κ3) is 6.08. The monoisotopic (exact) mass is 456 g/mol. The maximum atomic E-state index is 10.5. The minimum atomic E-state index is -0.607. The molecule has 1 aliphatic rings. The van der Waals surface area contributed by atoms with Crippen molar-refractivity contribution in [1.29, 1.82) is 0 Å². The van der Waals surface area contributed by atoms with E-state index >= 15 is 0 Å². The third-order valence-electron chi connectivity index (χ3n) is 5.16. The molecule has 0 saturated carbocycles. The Morgan fingerprint density at radius 1 is 1.03 bits per heavy atom. The SMILES string of the molecule is COc1cccc(OC)c1OCC(O)CN1CCN(c2cc(Cl)ccc2C)CC1.Cl. The van der Waals surface area contributed by atoms with Crippen molar-refractivity contribution in [3.8, 4) is 17.2 Å². The number of halogens is 2. The number of para-hydroxylation sites is 1. The zero-order valence-corrected chi connectivity index (χ0v) is 19.2. The summed E-state index contributed by atoms with van der Waals surface area (Å²) < 4.78 is 16.5. The Balaban J connectivity index is 0.00000320. The van der Waals surface area contributed by atoms with Crippen molar-refractivity contribution >= 4 is 29.7 Å². The molecule has 3 rings (SSSR count). The Hall–Kier alpha value is -1.86. The van der Waals surface area contributed by atoms with Gasteiger partial charge in [0.15, 0.2) is 11.5 Å². The average molecular weight is 457 g/mol. The highest BCUT2D eigenvalue weighted by Gasteiger charge is 2.21. The highest BCUT2D eigenvalue weighted by atomic mass is 35.5. The quantitative estimate of drug-likeness (QED) is 0.653. The van der Waals surface area contributed by atoms with Crippen molar-refractivity contribution in [2.75, 3.05) is 58.5 Å². The highest BCUT2D eigenvalue weighted by molar-refractivity contribution is 6.30. The zero-order valence-electron chi connectivity index (χ0n) is 17.6. The lowest BCUT2D eigenvalue weighted by Crippen LogP contribution is -2.49. The Labute approximate surface area is 189 Å². The minimum absolute atomic E-state index is 0. The average Bonchev–Trinajstić information content (AvgIpc) is 2.74. The molecule has 0 aliphatic carbocycles. The van der Waals surface area contributed by atoms with Gasteiger partial charge in [0, 0.05) is 43.4 Å². The van der Waals surface area contributed by atoms with Crippen LogP contribution in [0.4, 0.5) is 5.69 Å². The number of methoxy groups -OCH3 is 2. The summed E-state index contributed by atoms with van der Waals surface area (Å²) in [5, 5.41) is 11.2. The van der Waals surface area contributed by atoms with Crippen LogP contribution in [0.1, 0.15) is 5.56 Å². The summed E-state index contributed by atoms with van der Waals surface area (Å²) in [4.78, 5) is 4.60. The van der Waals surface area contributed by atoms with E-state index < -0.39 is 6.10 Å². The second-order valence-corrected chi connectivity index (χ2v) is 7.61. The van der Waals surface area contributed by atoms with Gasteiger partial charge in [0.05, 0.1) is 14.2 Å². The number of rotatable bonds is 8. The van der Waals surface area contributed by atoms with E-state index in [4.69, 9.17) is 25.8 Å². The first-order valence-corrected chi connectivity index (χ1v) is 10.1. The van der Waals surface area contributed by atoms with Crippen molar-refractivity contribution in [3.05, 3.63) is 47.0 Å². The van der Waals surface area contributed by atoms with Crippen LogP contribution in [0.5, 0.6) is 17.2 Å². The molecule has 1 fully saturated rings. The Morgan fingerprint density at radius 2 is 1.67 bits per heavy atom. The molecule has 2 aromatic carbocycles. The number of aryl methyl sites for hydroxylation is 1. The Kier molecular flexibility index (Phi) is 9.37. The number of aliphatic hydroxyl groups excluding tert-OH is 1. The number of hydrogen-bond donors (Lipinski definition) is 1. The molecule has 30 heavy (non-hydrogen) atoms. The summed E-state index contributed by atoms with van der Waals surface area (Å²) in [6.45, 7) is 6.38. The van der Waals surface area contributed by atoms with E-state index in [1.54, 1.807) is 26.4 Å². The molecule has 1 aliphatic heterocycles. The van der Waals surface area contributed by atoms with Gasteiger partial charge in [-0.25, -0.2) is 0 Å². The maximum absolute atomic E-state index is 10.5. The van der Waals surface area contributed by atoms with E-state index in [1.807, 2.05) is 18.2 Å². The number of ether oxygens (including phenoxy) is 3. The molecule has 0 radical (unpaired) electrons. The molecular weight excluding hydrogens is 427 g/mol. The second kappa shape index (κ2) is 11.5. The van der Waals surface area contributed by atoms with Crippen LogP contribution in [0.3, 0.4) is 0 Å². The van der Waals surface area contributed by atoms with Gasteiger partial charge in [0.1, 0.15) is 12.7 Å². The first-order valence-electron chi connectivity index (χ1n) is 9.77. The lowest BCUT2D eigenvalue weighted by molar-refractivity contribution is 0.0643. The molecule has 0 amide bonds. The molecule has 1 unspecified atom stereocenters. The summed E-state index contributed by atoms with van der Waals surface area (Å²) in [7, 11) is 3.17. The molecule has 1 N–H and O–H groups in total. The molecule has 0 spiro atoms. The minimum Gasteiger partial charge on any atom is -0.493 e. The van der Waals surface area contributed by atoms with E-state index in [2.05, 4.69) is 22.8 Å². The molecule has 6 nitrogen and oxygen atoms in total. The van der Waals surface area contributed by atoms with Crippen LogP contribution in [0.25, 0.3) is 0 Å². The lowest BCUT2D eigenvalue weighted by Gasteiger charge is -2.37. The van der Waals surface area contributed by atoms with Crippen LogP contribution < -0.4 is 19.1 Å². The molecule has 0 bridgehead atoms. The summed E-state index contributed by atoms with van der Waals surface area (Å²) in [5.74, 6) is 1.68. The number of anilines is 1. The van der Waals surface area contributed by atoms with Gasteiger partial charge in [-0.3, -0.25) is 4.90 Å². The highest BCUT2D eigenvalue weighted by Crippen LogP contribution is 2.36. The largest absolute Gasteiger partial charge is 0.493 e. The van der Waals surface area contributed by atoms with Gasteiger partial charge < -0.3 is 24.2 Å². The summed E-state index contributed by atoms with van der Waals surface area (Å²) in [5.41, 5.74) is 2.41. The van der Waals surface area contributed by atoms with Crippen molar-refractivity contribution < 1.29 is 19.3 Å². The Bertz CT molecular complexity index is 791. The fraction of sp³-hybridized carbons (Fsp3) is 0.455. The molecule has 2 aromatic rings. The smallest absolute Gasteiger partial charge is 0.203 e. The van der Waals surface area contributed by atoms with Crippen LogP contribution in [0, 0.1) is 6.92 Å². The fourth-order valence-electron chi connectivity index (χ4n) is 3.58. The number of benzene rings is 2. The van der Waals surface area contributed by atoms with Gasteiger partial charge in [0.2, 0.25) is 5.75 Å². The molecular formula is C22H30Cl2N2O4. The van der Waals surface area contributed by atoms with E-state index in [9.17, 15) is 5.11 Å². The molecule has 8 heteroatoms. The predicted molar refractivity (Wildman–Crippen MR) is 123 cm³/mol. The van der Waals surface area contributed by atoms with E-state index in [0.717, 1.165) is 31.2 Å². The van der Waals surface area contributed by atoms with Crippen LogP contribution in [0.15, 0.2) is 36.4 Å². The second-order valence-electron chi connectivity index (χ2n) is 7.17. The first-order chi connectivity index (χ1) is 14.0. The molecule has 1 heterocycles. The number of aliphatic hydroxyl groups is 1. The van der Waals surface area contributed by atoms with Crippen molar-refractivity contribution in [1.82, 2.24) is 4.90 Å². The molecule has 0 aromatic heterocycles. The normalized spacial score (nSPS) is 15.3. The molecule has 1 atom stereocenters.